The van der Waals surface area contributed by atoms with Crippen molar-refractivity contribution >= 4 is 35.2 Å². The van der Waals surface area contributed by atoms with Crippen LogP contribution in [0, 0.1) is 0 Å². The monoisotopic (exact) mass is 439 g/mol. The molecule has 0 aromatic heterocycles. The molecule has 31 heavy (non-hydrogen) atoms. The predicted octanol–water partition coefficient (Wildman–Crippen LogP) is 2.35. The Bertz CT molecular complexity index is 1080. The van der Waals surface area contributed by atoms with Crippen LogP contribution in [0.25, 0.3) is 0 Å². The molecule has 1 saturated heterocycles. The maximum Gasteiger partial charge on any atom is 0.257 e. The van der Waals surface area contributed by atoms with Crippen molar-refractivity contribution in [3.63, 3.8) is 0 Å². The molecule has 160 valence electrons. The van der Waals surface area contributed by atoms with Crippen molar-refractivity contribution in [2.45, 2.75) is 44.8 Å². The van der Waals surface area contributed by atoms with Crippen molar-refractivity contribution < 1.29 is 19.2 Å². The van der Waals surface area contributed by atoms with Crippen LogP contribution in [-0.2, 0) is 33.9 Å². The lowest BCUT2D eigenvalue weighted by Gasteiger charge is -2.39. The van der Waals surface area contributed by atoms with E-state index in [-0.39, 0.29) is 18.2 Å². The Morgan fingerprint density at radius 1 is 1.10 bits per heavy atom. The van der Waals surface area contributed by atoms with E-state index in [4.69, 9.17) is 11.6 Å². The standard InChI is InChI=1S/C23H22ClN3O4/c1-23(9-8-19(28)26-22(23)31)27-12-16-5-4-15(11-17(16)13-27)21(30)25-20(29)10-14-2-6-18(24)7-3-14/h2-7,11H,8-10,12-13H2,1H3,(H,25,29,30)(H,26,28,31). The van der Waals surface area contributed by atoms with E-state index in [0.29, 0.717) is 36.5 Å². The zero-order chi connectivity index (χ0) is 22.2. The molecular weight excluding hydrogens is 418 g/mol. The van der Waals surface area contributed by atoms with Crippen molar-refractivity contribution in [3.8, 4) is 0 Å². The molecule has 2 aliphatic heterocycles. The van der Waals surface area contributed by atoms with E-state index in [1.807, 2.05) is 17.9 Å². The number of carbonyl (C=O) groups is 4. The first-order valence-corrected chi connectivity index (χ1v) is 10.4. The van der Waals surface area contributed by atoms with E-state index in [0.717, 1.165) is 16.7 Å². The van der Waals surface area contributed by atoms with E-state index < -0.39 is 17.4 Å². The first kappa shape index (κ1) is 21.2. The van der Waals surface area contributed by atoms with Crippen LogP contribution in [0.5, 0.6) is 0 Å². The third kappa shape index (κ3) is 4.38. The van der Waals surface area contributed by atoms with Crippen LogP contribution in [0.1, 0.15) is 46.8 Å². The highest BCUT2D eigenvalue weighted by Crippen LogP contribution is 2.34. The molecule has 2 heterocycles. The Kier molecular flexibility index (Phi) is 5.64. The van der Waals surface area contributed by atoms with Gasteiger partial charge in [0.05, 0.1) is 12.0 Å². The molecule has 7 nitrogen and oxygen atoms in total. The van der Waals surface area contributed by atoms with Gasteiger partial charge in [-0.3, -0.25) is 34.7 Å². The van der Waals surface area contributed by atoms with Gasteiger partial charge in [-0.25, -0.2) is 0 Å². The van der Waals surface area contributed by atoms with Crippen LogP contribution < -0.4 is 10.6 Å². The van der Waals surface area contributed by atoms with E-state index >= 15 is 0 Å². The summed E-state index contributed by atoms with van der Waals surface area (Å²) in [7, 11) is 0. The molecule has 2 aliphatic rings. The second kappa shape index (κ2) is 8.24. The number of benzene rings is 2. The van der Waals surface area contributed by atoms with Gasteiger partial charge >= 0.3 is 0 Å². The molecule has 0 bridgehead atoms. The molecule has 1 unspecified atom stereocenters. The van der Waals surface area contributed by atoms with Crippen LogP contribution in [-0.4, -0.2) is 34.1 Å². The smallest absolute Gasteiger partial charge is 0.257 e. The fourth-order valence-electron chi connectivity index (χ4n) is 4.01. The van der Waals surface area contributed by atoms with Crippen LogP contribution in [0.4, 0.5) is 0 Å². The summed E-state index contributed by atoms with van der Waals surface area (Å²) in [5.41, 5.74) is 2.33. The molecule has 4 amide bonds. The second-order valence-electron chi connectivity index (χ2n) is 8.17. The lowest BCUT2D eigenvalue weighted by atomic mass is 9.89. The molecule has 2 N–H and O–H groups in total. The van der Waals surface area contributed by atoms with Crippen LogP contribution in [0.2, 0.25) is 5.02 Å². The summed E-state index contributed by atoms with van der Waals surface area (Å²) in [6.45, 7) is 2.89. The minimum atomic E-state index is -0.774. The van der Waals surface area contributed by atoms with Crippen molar-refractivity contribution in [3.05, 3.63) is 69.7 Å². The number of rotatable bonds is 4. The average Bonchev–Trinajstić information content (AvgIpc) is 3.17. The van der Waals surface area contributed by atoms with E-state index in [1.54, 1.807) is 36.4 Å². The Morgan fingerprint density at radius 3 is 2.52 bits per heavy atom. The van der Waals surface area contributed by atoms with Gasteiger partial charge in [-0.05, 0) is 54.3 Å². The molecular formula is C23H22ClN3O4. The summed E-state index contributed by atoms with van der Waals surface area (Å²) < 4.78 is 0. The van der Waals surface area contributed by atoms with Gasteiger partial charge in [0.15, 0.2) is 0 Å². The first-order chi connectivity index (χ1) is 14.7. The lowest BCUT2D eigenvalue weighted by Crippen LogP contribution is -2.59. The summed E-state index contributed by atoms with van der Waals surface area (Å²) in [5.74, 6) is -1.40. The largest absolute Gasteiger partial charge is 0.295 e. The van der Waals surface area contributed by atoms with Gasteiger partial charge in [0, 0.05) is 30.1 Å². The maximum atomic E-state index is 12.6. The third-order valence-corrected chi connectivity index (χ3v) is 6.25. The topological polar surface area (TPSA) is 95.6 Å². The molecule has 1 fully saturated rings. The number of amides is 4. The summed E-state index contributed by atoms with van der Waals surface area (Å²) in [5, 5.41) is 5.42. The van der Waals surface area contributed by atoms with Gasteiger partial charge in [0.1, 0.15) is 0 Å². The summed E-state index contributed by atoms with van der Waals surface area (Å²) in [6.07, 6.45) is 0.838. The van der Waals surface area contributed by atoms with Crippen LogP contribution in [0.3, 0.4) is 0 Å². The van der Waals surface area contributed by atoms with Crippen LogP contribution >= 0.6 is 11.6 Å². The van der Waals surface area contributed by atoms with E-state index in [2.05, 4.69) is 10.6 Å². The average molecular weight is 440 g/mol. The number of piperidine rings is 1. The highest BCUT2D eigenvalue weighted by Gasteiger charge is 2.45. The molecule has 4 rings (SSSR count). The molecule has 0 aliphatic carbocycles. The van der Waals surface area contributed by atoms with Crippen molar-refractivity contribution in [1.82, 2.24) is 15.5 Å². The third-order valence-electron chi connectivity index (χ3n) is 6.00. The lowest BCUT2D eigenvalue weighted by molar-refractivity contribution is -0.143. The highest BCUT2D eigenvalue weighted by molar-refractivity contribution is 6.30. The molecule has 1 atom stereocenters. The number of nitrogens with zero attached hydrogens (tertiary/aromatic N) is 1. The minimum absolute atomic E-state index is 0.0772. The number of fused-ring (bicyclic) bond motifs is 1. The Morgan fingerprint density at radius 2 is 1.81 bits per heavy atom. The van der Waals surface area contributed by atoms with E-state index in [1.165, 1.54) is 0 Å². The van der Waals surface area contributed by atoms with Gasteiger partial charge in [0.2, 0.25) is 17.7 Å². The van der Waals surface area contributed by atoms with Crippen molar-refractivity contribution in [1.29, 1.82) is 0 Å². The molecule has 2 aromatic rings. The number of halogens is 1. The number of hydrogen-bond donors (Lipinski definition) is 2. The summed E-state index contributed by atoms with van der Waals surface area (Å²) in [4.78, 5) is 50.8. The zero-order valence-electron chi connectivity index (χ0n) is 17.0. The highest BCUT2D eigenvalue weighted by atomic mass is 35.5. The first-order valence-electron chi connectivity index (χ1n) is 10.0. The van der Waals surface area contributed by atoms with E-state index in [9.17, 15) is 19.2 Å². The minimum Gasteiger partial charge on any atom is -0.295 e. The molecule has 0 radical (unpaired) electrons. The van der Waals surface area contributed by atoms with Gasteiger partial charge < -0.3 is 0 Å². The van der Waals surface area contributed by atoms with Crippen LogP contribution in [0.15, 0.2) is 42.5 Å². The number of hydrogen-bond acceptors (Lipinski definition) is 5. The van der Waals surface area contributed by atoms with Crippen molar-refractivity contribution in [2.75, 3.05) is 0 Å². The van der Waals surface area contributed by atoms with Crippen molar-refractivity contribution in [2.24, 2.45) is 0 Å². The molecule has 0 saturated carbocycles. The maximum absolute atomic E-state index is 12.6. The predicted molar refractivity (Wildman–Crippen MR) is 114 cm³/mol. The Balaban J connectivity index is 1.41. The Hall–Kier alpha value is -3.03. The van der Waals surface area contributed by atoms with Gasteiger partial charge in [-0.2, -0.15) is 0 Å². The number of nitrogens with one attached hydrogen (secondary N) is 2. The zero-order valence-corrected chi connectivity index (χ0v) is 17.8. The van der Waals surface area contributed by atoms with Gasteiger partial charge in [-0.1, -0.05) is 29.8 Å². The molecule has 8 heteroatoms. The fourth-order valence-corrected chi connectivity index (χ4v) is 4.14. The molecule has 2 aromatic carbocycles. The number of imide groups is 2. The quantitative estimate of drug-likeness (QED) is 0.713. The molecule has 0 spiro atoms. The SMILES string of the molecule is CC1(N2Cc3ccc(C(=O)NC(=O)Cc4ccc(Cl)cc4)cc3C2)CCC(=O)NC1=O. The number of carbonyl (C=O) groups excluding carboxylic acids is 4. The Labute approximate surface area is 184 Å². The summed E-state index contributed by atoms with van der Waals surface area (Å²) >= 11 is 5.85. The second-order valence-corrected chi connectivity index (χ2v) is 8.61. The van der Waals surface area contributed by atoms with Gasteiger partial charge in [0.25, 0.3) is 5.91 Å². The van der Waals surface area contributed by atoms with Gasteiger partial charge in [-0.15, -0.1) is 0 Å². The normalized spacial score (nSPS) is 20.8. The fraction of sp³-hybridized carbons (Fsp3) is 0.304. The summed E-state index contributed by atoms with van der Waals surface area (Å²) in [6, 6.07) is 12.2.